The summed E-state index contributed by atoms with van der Waals surface area (Å²) in [5, 5.41) is 0. The van der Waals surface area contributed by atoms with Crippen LogP contribution in [-0.4, -0.2) is 72.0 Å². The number of hydrogen-bond acceptors (Lipinski definition) is 1. The van der Waals surface area contributed by atoms with E-state index in [-0.39, 0.29) is 60.1 Å². The van der Waals surface area contributed by atoms with E-state index in [9.17, 15) is 0 Å². The van der Waals surface area contributed by atoms with E-state index >= 15 is 0 Å². The van der Waals surface area contributed by atoms with Gasteiger partial charge < -0.3 is 17.5 Å². The molecule has 0 fully saturated rings. The van der Waals surface area contributed by atoms with Gasteiger partial charge in [0.2, 0.25) is 0 Å². The second kappa shape index (κ2) is 5.88. The Hall–Kier alpha value is 1.75. The summed E-state index contributed by atoms with van der Waals surface area (Å²) in [4.78, 5) is 21.6. The molecule has 3 N–H and O–H groups in total. The van der Waals surface area contributed by atoms with Crippen molar-refractivity contribution >= 4 is 65.1 Å². The van der Waals surface area contributed by atoms with Crippen LogP contribution in [0.1, 0.15) is 2.85 Å². The molecule has 0 saturated carbocycles. The van der Waals surface area contributed by atoms with E-state index in [0.29, 0.717) is 0 Å². The first-order chi connectivity index (χ1) is 2.00. The largest absolute Gasteiger partial charge is 2.00 e. The summed E-state index contributed by atoms with van der Waals surface area (Å²) in [6.07, 6.45) is 0. The number of hydrogen-bond donors (Lipinski definition) is 3. The summed E-state index contributed by atoms with van der Waals surface area (Å²) in [5.41, 5.74) is 0. The van der Waals surface area contributed by atoms with Crippen LogP contribution >= 0.6 is 7.82 Å². The Balaban J connectivity index is -0.0000000133. The second-order valence-corrected chi connectivity index (χ2v) is 1.54. The molecule has 0 aliphatic heterocycles. The molecule has 39 valence electrons. The smallest absolute Gasteiger partial charge is 1.00 e. The molecule has 3 radical (unpaired) electrons. The SMILES string of the molecule is O=P(O)(O)O.[B].[Ba+2].[H-].[H-]. The normalized spacial score (nSPS) is 8.43. The topological polar surface area (TPSA) is 77.8 Å². The molecular weight excluding hydrogens is 243 g/mol. The zero-order chi connectivity index (χ0) is 4.50. The van der Waals surface area contributed by atoms with Gasteiger partial charge in [-0.25, -0.2) is 4.57 Å². The van der Waals surface area contributed by atoms with Crippen LogP contribution in [0.2, 0.25) is 0 Å². The van der Waals surface area contributed by atoms with Gasteiger partial charge >= 0.3 is 56.7 Å². The van der Waals surface area contributed by atoms with Crippen LogP contribution in [0.4, 0.5) is 0 Å². The number of rotatable bonds is 0. The van der Waals surface area contributed by atoms with Crippen molar-refractivity contribution in [3.8, 4) is 0 Å². The van der Waals surface area contributed by atoms with Crippen molar-refractivity contribution in [2.24, 2.45) is 0 Å². The average Bonchev–Trinajstić information content (AvgIpc) is 0.722. The fourth-order valence-corrected chi connectivity index (χ4v) is 0. The van der Waals surface area contributed by atoms with Crippen LogP contribution in [0.15, 0.2) is 0 Å². The molecule has 0 aromatic heterocycles. The van der Waals surface area contributed by atoms with Gasteiger partial charge in [-0.15, -0.1) is 0 Å². The van der Waals surface area contributed by atoms with E-state index in [1.807, 2.05) is 0 Å². The van der Waals surface area contributed by atoms with E-state index in [1.54, 1.807) is 0 Å². The molecule has 0 aromatic rings. The predicted octanol–water partition coefficient (Wildman–Crippen LogP) is -1.47. The minimum atomic E-state index is -4.64. The minimum absolute atomic E-state index is 0. The molecule has 0 saturated heterocycles. The van der Waals surface area contributed by atoms with Crippen LogP contribution in [-0.2, 0) is 4.57 Å². The van der Waals surface area contributed by atoms with Crippen molar-refractivity contribution in [1.82, 2.24) is 0 Å². The molecule has 0 aliphatic carbocycles. The predicted molar refractivity (Wildman–Crippen MR) is 28.0 cm³/mol. The van der Waals surface area contributed by atoms with Gasteiger partial charge in [-0.05, 0) is 0 Å². The molecule has 0 rings (SSSR count). The van der Waals surface area contributed by atoms with E-state index < -0.39 is 7.82 Å². The third kappa shape index (κ3) is 83.9. The first kappa shape index (κ1) is 15.9. The Kier molecular flexibility index (Phi) is 13.3. The van der Waals surface area contributed by atoms with Gasteiger partial charge in [0.15, 0.2) is 0 Å². The van der Waals surface area contributed by atoms with Crippen LogP contribution in [0.3, 0.4) is 0 Å². The second-order valence-electron chi connectivity index (χ2n) is 0.513. The van der Waals surface area contributed by atoms with Crippen molar-refractivity contribution in [3.05, 3.63) is 0 Å². The first-order valence-electron chi connectivity index (χ1n) is 0.783. The van der Waals surface area contributed by atoms with Crippen LogP contribution in [0.25, 0.3) is 0 Å². The van der Waals surface area contributed by atoms with Crippen LogP contribution in [0.5, 0.6) is 0 Å². The van der Waals surface area contributed by atoms with Crippen molar-refractivity contribution in [2.75, 3.05) is 0 Å². The third-order valence-electron chi connectivity index (χ3n) is 0. The Morgan fingerprint density at radius 2 is 1.29 bits per heavy atom. The average molecular weight is 248 g/mol. The maximum absolute atomic E-state index is 8.88. The van der Waals surface area contributed by atoms with Crippen LogP contribution in [0, 0.1) is 0 Å². The van der Waals surface area contributed by atoms with Gasteiger partial charge in [0, 0.05) is 8.41 Å². The van der Waals surface area contributed by atoms with Crippen LogP contribution < -0.4 is 0 Å². The van der Waals surface area contributed by atoms with E-state index in [4.69, 9.17) is 19.2 Å². The molecule has 0 spiro atoms. The summed E-state index contributed by atoms with van der Waals surface area (Å²) >= 11 is 0. The molecule has 4 nitrogen and oxygen atoms in total. The molecule has 0 heterocycles. The van der Waals surface area contributed by atoms with Crippen molar-refractivity contribution in [1.29, 1.82) is 0 Å². The van der Waals surface area contributed by atoms with Gasteiger partial charge in [-0.3, -0.25) is 0 Å². The molecule has 0 aromatic carbocycles. The molecule has 7 heavy (non-hydrogen) atoms. The zero-order valence-corrected chi connectivity index (χ0v) is 8.82. The summed E-state index contributed by atoms with van der Waals surface area (Å²) in [6, 6.07) is 0. The molecule has 7 heteroatoms. The summed E-state index contributed by atoms with van der Waals surface area (Å²) in [5.74, 6) is 0. The van der Waals surface area contributed by atoms with E-state index in [2.05, 4.69) is 0 Å². The fourth-order valence-electron chi connectivity index (χ4n) is 0. The molecule has 0 atom stereocenters. The summed E-state index contributed by atoms with van der Waals surface area (Å²) in [7, 11) is -4.64. The van der Waals surface area contributed by atoms with Crippen molar-refractivity contribution < 1.29 is 22.1 Å². The van der Waals surface area contributed by atoms with Gasteiger partial charge in [0.1, 0.15) is 0 Å². The molecule has 0 aliphatic rings. The van der Waals surface area contributed by atoms with Gasteiger partial charge in [0.25, 0.3) is 0 Å². The minimum Gasteiger partial charge on any atom is -1.00 e. The van der Waals surface area contributed by atoms with Gasteiger partial charge in [-0.2, -0.15) is 0 Å². The Morgan fingerprint density at radius 1 is 1.29 bits per heavy atom. The van der Waals surface area contributed by atoms with Crippen molar-refractivity contribution in [2.45, 2.75) is 0 Å². The maximum Gasteiger partial charge on any atom is 2.00 e. The van der Waals surface area contributed by atoms with E-state index in [1.165, 1.54) is 0 Å². The monoisotopic (exact) mass is 249 g/mol. The molecule has 0 amide bonds. The molecule has 0 bridgehead atoms. The maximum atomic E-state index is 8.88. The quantitative estimate of drug-likeness (QED) is 0.361. The summed E-state index contributed by atoms with van der Waals surface area (Å²) in [6.45, 7) is 0. The van der Waals surface area contributed by atoms with Gasteiger partial charge in [-0.1, -0.05) is 0 Å². The van der Waals surface area contributed by atoms with Gasteiger partial charge in [0.05, 0.1) is 0 Å². The van der Waals surface area contributed by atoms with Crippen molar-refractivity contribution in [3.63, 3.8) is 0 Å². The Bertz CT molecular complexity index is 64.7. The summed E-state index contributed by atoms with van der Waals surface area (Å²) < 4.78 is 8.88. The third-order valence-corrected chi connectivity index (χ3v) is 0. The Morgan fingerprint density at radius 3 is 1.29 bits per heavy atom. The molecular formula is H5BBaO4P. The first-order valence-corrected chi connectivity index (χ1v) is 2.35. The number of phosphoric acid groups is 1. The van der Waals surface area contributed by atoms with E-state index in [0.717, 1.165) is 0 Å². The Labute approximate surface area is 86.2 Å². The molecule has 0 unspecified atom stereocenters. The standard InChI is InChI=1S/B.Ba.H3O4P.2H/c;;1-5(2,3)4;;/h;;(H3,1,2,3,4);;/q;+2;;2*-1. The zero-order valence-electron chi connectivity index (χ0n) is 5.48. The fraction of sp³-hybridized carbons (Fsp3) is 0.